The van der Waals surface area contributed by atoms with E-state index in [2.05, 4.69) is 10.0 Å². The number of ether oxygens (including phenoxy) is 1. The molecule has 2 aromatic carbocycles. The highest BCUT2D eigenvalue weighted by molar-refractivity contribution is 7.89. The molecular weight excluding hydrogens is 442 g/mol. The summed E-state index contributed by atoms with van der Waals surface area (Å²) in [6, 6.07) is 10.6. The first-order valence-corrected chi connectivity index (χ1v) is 12.5. The standard InChI is InChI=1S/C24H31N3O5S/c1-5-23(28)27-13-12-17-15-20(10-11-22(17)27)33(30,31)26-21(14-16(2)3)24(29)25-18-6-8-19(32-4)9-7-18/h6-11,15-16,21,26H,5,12-14H2,1-4H3,(H,25,29). The molecule has 0 aliphatic carbocycles. The average Bonchev–Trinajstić information content (AvgIpc) is 3.21. The van der Waals surface area contributed by atoms with Crippen molar-refractivity contribution in [2.75, 3.05) is 23.9 Å². The SMILES string of the molecule is CCC(=O)N1CCc2cc(S(=O)(=O)NC(CC(C)C)C(=O)Nc3ccc(OC)cc3)ccc21. The molecule has 2 N–H and O–H groups in total. The number of hydrogen-bond donors (Lipinski definition) is 2. The van der Waals surface area contributed by atoms with Crippen LogP contribution in [0.25, 0.3) is 0 Å². The Morgan fingerprint density at radius 2 is 1.82 bits per heavy atom. The van der Waals surface area contributed by atoms with Crippen LogP contribution in [0.15, 0.2) is 47.4 Å². The molecule has 9 heteroatoms. The van der Waals surface area contributed by atoms with E-state index in [1.165, 1.54) is 6.07 Å². The fourth-order valence-corrected chi connectivity index (χ4v) is 5.09. The lowest BCUT2D eigenvalue weighted by atomic mass is 10.0. The quantitative estimate of drug-likeness (QED) is 0.581. The van der Waals surface area contributed by atoms with Gasteiger partial charge >= 0.3 is 0 Å². The van der Waals surface area contributed by atoms with Gasteiger partial charge in [-0.05, 0) is 66.8 Å². The second kappa shape index (κ2) is 10.4. The lowest BCUT2D eigenvalue weighted by Gasteiger charge is -2.21. The second-order valence-electron chi connectivity index (χ2n) is 8.46. The molecule has 1 unspecified atom stereocenters. The summed E-state index contributed by atoms with van der Waals surface area (Å²) in [4.78, 5) is 26.8. The normalized spacial score (nSPS) is 14.2. The summed E-state index contributed by atoms with van der Waals surface area (Å²) in [5.41, 5.74) is 2.10. The molecule has 0 fully saturated rings. The third kappa shape index (κ3) is 5.91. The number of nitrogens with zero attached hydrogens (tertiary/aromatic N) is 1. The van der Waals surface area contributed by atoms with Crippen LogP contribution in [0.4, 0.5) is 11.4 Å². The van der Waals surface area contributed by atoms with Crippen molar-refractivity contribution in [1.82, 2.24) is 4.72 Å². The summed E-state index contributed by atoms with van der Waals surface area (Å²) < 4.78 is 34.0. The first-order chi connectivity index (χ1) is 15.6. The minimum absolute atomic E-state index is 0.00897. The zero-order valence-corrected chi connectivity index (χ0v) is 20.2. The summed E-state index contributed by atoms with van der Waals surface area (Å²) in [6.07, 6.45) is 1.32. The molecule has 178 valence electrons. The molecule has 2 amide bonds. The Morgan fingerprint density at radius 1 is 1.12 bits per heavy atom. The first-order valence-electron chi connectivity index (χ1n) is 11.0. The Labute approximate surface area is 195 Å². The zero-order chi connectivity index (χ0) is 24.2. The van der Waals surface area contributed by atoms with Crippen LogP contribution in [-0.2, 0) is 26.0 Å². The van der Waals surface area contributed by atoms with Gasteiger partial charge in [0.1, 0.15) is 11.8 Å². The zero-order valence-electron chi connectivity index (χ0n) is 19.4. The van der Waals surface area contributed by atoms with Gasteiger partial charge in [0.15, 0.2) is 0 Å². The van der Waals surface area contributed by atoms with Crippen molar-refractivity contribution in [3.8, 4) is 5.75 Å². The average molecular weight is 474 g/mol. The third-order valence-electron chi connectivity index (χ3n) is 5.54. The summed E-state index contributed by atoms with van der Waals surface area (Å²) in [6.45, 7) is 6.20. The highest BCUT2D eigenvalue weighted by atomic mass is 32.2. The van der Waals surface area contributed by atoms with E-state index in [0.717, 1.165) is 11.3 Å². The molecule has 0 saturated heterocycles. The van der Waals surface area contributed by atoms with Gasteiger partial charge in [-0.15, -0.1) is 0 Å². The van der Waals surface area contributed by atoms with Gasteiger partial charge in [0.05, 0.1) is 12.0 Å². The molecule has 0 aromatic heterocycles. The molecule has 1 atom stereocenters. The van der Waals surface area contributed by atoms with Crippen LogP contribution in [0.1, 0.15) is 39.2 Å². The van der Waals surface area contributed by atoms with E-state index in [-0.39, 0.29) is 16.7 Å². The summed E-state index contributed by atoms with van der Waals surface area (Å²) in [5.74, 6) is 0.323. The topological polar surface area (TPSA) is 105 Å². The van der Waals surface area contributed by atoms with Crippen molar-refractivity contribution < 1.29 is 22.7 Å². The maximum Gasteiger partial charge on any atom is 0.242 e. The molecule has 0 saturated carbocycles. The third-order valence-corrected chi connectivity index (χ3v) is 7.01. The lowest BCUT2D eigenvalue weighted by molar-refractivity contribution is -0.118. The van der Waals surface area contributed by atoms with Gasteiger partial charge in [-0.25, -0.2) is 8.42 Å². The van der Waals surface area contributed by atoms with Gasteiger partial charge in [-0.1, -0.05) is 20.8 Å². The second-order valence-corrected chi connectivity index (χ2v) is 10.2. The molecule has 0 spiro atoms. The molecule has 3 rings (SSSR count). The molecular formula is C24H31N3O5S. The largest absolute Gasteiger partial charge is 0.497 e. The van der Waals surface area contributed by atoms with Crippen LogP contribution in [-0.4, -0.2) is 39.9 Å². The van der Waals surface area contributed by atoms with Gasteiger partial charge in [0.25, 0.3) is 0 Å². The van der Waals surface area contributed by atoms with E-state index in [4.69, 9.17) is 4.74 Å². The highest BCUT2D eigenvalue weighted by Crippen LogP contribution is 2.31. The number of rotatable bonds is 9. The van der Waals surface area contributed by atoms with E-state index in [9.17, 15) is 18.0 Å². The van der Waals surface area contributed by atoms with E-state index in [1.54, 1.807) is 55.3 Å². The van der Waals surface area contributed by atoms with Crippen LogP contribution in [0.3, 0.4) is 0 Å². The monoisotopic (exact) mass is 473 g/mol. The number of fused-ring (bicyclic) bond motifs is 1. The van der Waals surface area contributed by atoms with Crippen molar-refractivity contribution in [2.45, 2.75) is 51.0 Å². The van der Waals surface area contributed by atoms with E-state index in [1.807, 2.05) is 13.8 Å². The summed E-state index contributed by atoms with van der Waals surface area (Å²) in [5, 5.41) is 2.77. The van der Waals surface area contributed by atoms with Crippen LogP contribution < -0.4 is 19.7 Å². The summed E-state index contributed by atoms with van der Waals surface area (Å²) >= 11 is 0. The number of anilines is 2. The van der Waals surface area contributed by atoms with Gasteiger partial charge < -0.3 is 15.0 Å². The molecule has 33 heavy (non-hydrogen) atoms. The molecule has 1 aliphatic heterocycles. The molecule has 8 nitrogen and oxygen atoms in total. The maximum atomic E-state index is 13.1. The Balaban J connectivity index is 1.79. The van der Waals surface area contributed by atoms with Gasteiger partial charge in [-0.2, -0.15) is 4.72 Å². The van der Waals surface area contributed by atoms with Crippen molar-refractivity contribution >= 4 is 33.2 Å². The minimum Gasteiger partial charge on any atom is -0.497 e. The number of methoxy groups -OCH3 is 1. The van der Waals surface area contributed by atoms with Gasteiger partial charge in [0, 0.05) is 24.3 Å². The van der Waals surface area contributed by atoms with Crippen LogP contribution in [0, 0.1) is 5.92 Å². The van der Waals surface area contributed by atoms with Crippen LogP contribution >= 0.6 is 0 Å². The number of nitrogens with one attached hydrogen (secondary N) is 2. The fraction of sp³-hybridized carbons (Fsp3) is 0.417. The Morgan fingerprint density at radius 3 is 2.42 bits per heavy atom. The van der Waals surface area contributed by atoms with Gasteiger partial charge in [-0.3, -0.25) is 9.59 Å². The van der Waals surface area contributed by atoms with Crippen molar-refractivity contribution in [2.24, 2.45) is 5.92 Å². The summed E-state index contributed by atoms with van der Waals surface area (Å²) in [7, 11) is -2.40. The minimum atomic E-state index is -3.95. The number of carbonyl (C=O) groups is 2. The van der Waals surface area contributed by atoms with Crippen LogP contribution in [0.2, 0.25) is 0 Å². The van der Waals surface area contributed by atoms with E-state index in [0.29, 0.717) is 37.2 Å². The van der Waals surface area contributed by atoms with Crippen molar-refractivity contribution in [3.63, 3.8) is 0 Å². The molecule has 2 aromatic rings. The van der Waals surface area contributed by atoms with Crippen molar-refractivity contribution in [1.29, 1.82) is 0 Å². The smallest absolute Gasteiger partial charge is 0.242 e. The number of benzene rings is 2. The fourth-order valence-electron chi connectivity index (χ4n) is 3.83. The predicted octanol–water partition coefficient (Wildman–Crippen LogP) is 3.33. The molecule has 1 aliphatic rings. The number of hydrogen-bond acceptors (Lipinski definition) is 5. The number of sulfonamides is 1. The Kier molecular flexibility index (Phi) is 7.76. The van der Waals surface area contributed by atoms with Crippen LogP contribution in [0.5, 0.6) is 5.75 Å². The van der Waals surface area contributed by atoms with Gasteiger partial charge in [0.2, 0.25) is 21.8 Å². The van der Waals surface area contributed by atoms with E-state index < -0.39 is 22.0 Å². The number of carbonyl (C=O) groups excluding carboxylic acids is 2. The highest BCUT2D eigenvalue weighted by Gasteiger charge is 2.29. The Bertz CT molecular complexity index is 1110. The number of amides is 2. The van der Waals surface area contributed by atoms with Crippen molar-refractivity contribution in [3.05, 3.63) is 48.0 Å². The van der Waals surface area contributed by atoms with E-state index >= 15 is 0 Å². The molecule has 0 bridgehead atoms. The maximum absolute atomic E-state index is 13.1. The molecule has 0 radical (unpaired) electrons. The predicted molar refractivity (Wildman–Crippen MR) is 128 cm³/mol. The molecule has 1 heterocycles. The lowest BCUT2D eigenvalue weighted by Crippen LogP contribution is -2.44. The Hall–Kier alpha value is -2.91. The first kappa shape index (κ1) is 24.7.